The van der Waals surface area contributed by atoms with Crippen molar-refractivity contribution in [1.82, 2.24) is 14.9 Å². The van der Waals surface area contributed by atoms with Crippen LogP contribution in [0.15, 0.2) is 42.5 Å². The molecule has 144 valence electrons. The summed E-state index contributed by atoms with van der Waals surface area (Å²) >= 11 is 0. The van der Waals surface area contributed by atoms with Crippen LogP contribution in [0.5, 0.6) is 5.75 Å². The van der Waals surface area contributed by atoms with Crippen molar-refractivity contribution >= 4 is 0 Å². The van der Waals surface area contributed by atoms with Gasteiger partial charge in [-0.2, -0.15) is 0 Å². The molecular formula is C23H24FN3O. The zero-order valence-corrected chi connectivity index (χ0v) is 16.0. The average molecular weight is 377 g/mol. The van der Waals surface area contributed by atoms with Gasteiger partial charge < -0.3 is 9.72 Å². The van der Waals surface area contributed by atoms with Gasteiger partial charge in [0.1, 0.15) is 17.4 Å². The van der Waals surface area contributed by atoms with Gasteiger partial charge in [-0.05, 0) is 54.7 Å². The predicted octanol–water partition coefficient (Wildman–Crippen LogP) is 4.14. The van der Waals surface area contributed by atoms with Crippen molar-refractivity contribution in [1.29, 1.82) is 0 Å². The third kappa shape index (κ3) is 3.10. The fourth-order valence-electron chi connectivity index (χ4n) is 4.56. The number of H-pyrrole nitrogens is 1. The Morgan fingerprint density at radius 2 is 2.04 bits per heavy atom. The van der Waals surface area contributed by atoms with Crippen LogP contribution in [0.2, 0.25) is 0 Å². The van der Waals surface area contributed by atoms with Crippen molar-refractivity contribution in [3.05, 3.63) is 70.8 Å². The molecule has 1 unspecified atom stereocenters. The SMILES string of the molecule is COc1ccc2c(c1)CCC(N1CCc3nc(-c4ccccc4F)[nH]c3C1)C2. The summed E-state index contributed by atoms with van der Waals surface area (Å²) in [7, 11) is 1.72. The number of aromatic nitrogens is 2. The van der Waals surface area contributed by atoms with Gasteiger partial charge in [0.15, 0.2) is 0 Å². The van der Waals surface area contributed by atoms with Crippen molar-refractivity contribution in [2.24, 2.45) is 0 Å². The number of methoxy groups -OCH3 is 1. The summed E-state index contributed by atoms with van der Waals surface area (Å²) in [4.78, 5) is 10.6. The molecule has 5 rings (SSSR count). The molecule has 0 spiro atoms. The molecule has 0 saturated heterocycles. The monoisotopic (exact) mass is 377 g/mol. The van der Waals surface area contributed by atoms with E-state index in [1.54, 1.807) is 19.2 Å². The molecule has 1 atom stereocenters. The number of aryl methyl sites for hydroxylation is 1. The van der Waals surface area contributed by atoms with Crippen LogP contribution >= 0.6 is 0 Å². The number of rotatable bonds is 3. The van der Waals surface area contributed by atoms with E-state index in [0.717, 1.165) is 55.9 Å². The molecule has 4 nitrogen and oxygen atoms in total. The minimum Gasteiger partial charge on any atom is -0.497 e. The van der Waals surface area contributed by atoms with Crippen LogP contribution in [0, 0.1) is 5.82 Å². The van der Waals surface area contributed by atoms with E-state index in [-0.39, 0.29) is 5.82 Å². The number of benzene rings is 2. The van der Waals surface area contributed by atoms with Crippen molar-refractivity contribution in [2.75, 3.05) is 13.7 Å². The molecule has 0 radical (unpaired) electrons. The number of imidazole rings is 1. The number of nitrogens with one attached hydrogen (secondary N) is 1. The Bertz CT molecular complexity index is 1010. The normalized spacial score (nSPS) is 19.1. The number of hydrogen-bond acceptors (Lipinski definition) is 3. The van der Waals surface area contributed by atoms with Gasteiger partial charge in [-0.3, -0.25) is 4.90 Å². The average Bonchev–Trinajstić information content (AvgIpc) is 3.16. The minimum absolute atomic E-state index is 0.232. The lowest BCUT2D eigenvalue weighted by Crippen LogP contribution is -2.42. The Hall–Kier alpha value is -2.66. The van der Waals surface area contributed by atoms with Crippen molar-refractivity contribution in [3.63, 3.8) is 0 Å². The number of halogens is 1. The lowest BCUT2D eigenvalue weighted by Gasteiger charge is -2.37. The molecule has 1 aliphatic carbocycles. The first kappa shape index (κ1) is 17.4. The molecule has 5 heteroatoms. The van der Waals surface area contributed by atoms with E-state index < -0.39 is 0 Å². The van der Waals surface area contributed by atoms with Crippen LogP contribution in [-0.2, 0) is 25.8 Å². The van der Waals surface area contributed by atoms with Gasteiger partial charge in [0.25, 0.3) is 0 Å². The smallest absolute Gasteiger partial charge is 0.140 e. The molecule has 1 aliphatic heterocycles. The number of fused-ring (bicyclic) bond motifs is 2. The fourth-order valence-corrected chi connectivity index (χ4v) is 4.56. The quantitative estimate of drug-likeness (QED) is 0.746. The first-order valence-corrected chi connectivity index (χ1v) is 9.94. The van der Waals surface area contributed by atoms with Gasteiger partial charge in [0.05, 0.1) is 24.1 Å². The van der Waals surface area contributed by atoms with Crippen LogP contribution in [0.25, 0.3) is 11.4 Å². The zero-order valence-electron chi connectivity index (χ0n) is 16.0. The van der Waals surface area contributed by atoms with Crippen molar-refractivity contribution < 1.29 is 9.13 Å². The van der Waals surface area contributed by atoms with Gasteiger partial charge in [0, 0.05) is 25.6 Å². The van der Waals surface area contributed by atoms with Crippen LogP contribution < -0.4 is 4.74 Å². The third-order valence-corrected chi connectivity index (χ3v) is 6.12. The maximum atomic E-state index is 14.1. The zero-order chi connectivity index (χ0) is 19.1. The van der Waals surface area contributed by atoms with Crippen molar-refractivity contribution in [2.45, 2.75) is 38.3 Å². The molecule has 2 aliphatic rings. The Balaban J connectivity index is 1.34. The summed E-state index contributed by atoms with van der Waals surface area (Å²) in [6, 6.07) is 13.8. The predicted molar refractivity (Wildman–Crippen MR) is 107 cm³/mol. The molecule has 28 heavy (non-hydrogen) atoms. The van der Waals surface area contributed by atoms with Gasteiger partial charge in [-0.15, -0.1) is 0 Å². The highest BCUT2D eigenvalue weighted by Crippen LogP contribution is 2.31. The third-order valence-electron chi connectivity index (χ3n) is 6.12. The summed E-state index contributed by atoms with van der Waals surface area (Å²) < 4.78 is 19.5. The first-order valence-electron chi connectivity index (χ1n) is 9.94. The largest absolute Gasteiger partial charge is 0.497 e. The first-order chi connectivity index (χ1) is 13.7. The van der Waals surface area contributed by atoms with E-state index >= 15 is 0 Å². The number of hydrogen-bond donors (Lipinski definition) is 1. The van der Waals surface area contributed by atoms with Crippen molar-refractivity contribution in [3.8, 4) is 17.1 Å². The number of nitrogens with zero attached hydrogens (tertiary/aromatic N) is 2. The second-order valence-corrected chi connectivity index (χ2v) is 7.74. The van der Waals surface area contributed by atoms with Gasteiger partial charge in [0.2, 0.25) is 0 Å². The van der Waals surface area contributed by atoms with Crippen LogP contribution in [0.4, 0.5) is 4.39 Å². The Kier molecular flexibility index (Phi) is 4.40. The summed E-state index contributed by atoms with van der Waals surface area (Å²) in [5, 5.41) is 0. The molecule has 0 fully saturated rings. The van der Waals surface area contributed by atoms with Crippen LogP contribution in [0.1, 0.15) is 28.9 Å². The molecule has 1 N–H and O–H groups in total. The molecule has 3 aromatic rings. The molecule has 2 heterocycles. The van der Waals surface area contributed by atoms with E-state index in [2.05, 4.69) is 33.1 Å². The molecule has 0 saturated carbocycles. The highest BCUT2D eigenvalue weighted by molar-refractivity contribution is 5.57. The lowest BCUT2D eigenvalue weighted by molar-refractivity contribution is 0.160. The molecular weight excluding hydrogens is 353 g/mol. The Labute approximate surface area is 164 Å². The summed E-state index contributed by atoms with van der Waals surface area (Å²) in [6.45, 7) is 1.86. The molecule has 0 amide bonds. The van der Waals surface area contributed by atoms with Gasteiger partial charge >= 0.3 is 0 Å². The Morgan fingerprint density at radius 1 is 1.14 bits per heavy atom. The molecule has 0 bridgehead atoms. The van der Waals surface area contributed by atoms with Gasteiger partial charge in [-0.25, -0.2) is 9.37 Å². The maximum absolute atomic E-state index is 14.1. The van der Waals surface area contributed by atoms with E-state index in [4.69, 9.17) is 4.74 Å². The fraction of sp³-hybridized carbons (Fsp3) is 0.348. The van der Waals surface area contributed by atoms with E-state index in [1.165, 1.54) is 17.2 Å². The van der Waals surface area contributed by atoms with Crippen LogP contribution in [0.3, 0.4) is 0 Å². The standard InChI is InChI=1S/C23H24FN3O/c1-28-18-9-7-15-12-17(8-6-16(15)13-18)27-11-10-21-22(14-27)26-23(25-21)19-4-2-3-5-20(19)24/h2-5,7,9,13,17H,6,8,10-12,14H2,1H3,(H,25,26). The van der Waals surface area contributed by atoms with E-state index in [0.29, 0.717) is 17.4 Å². The Morgan fingerprint density at radius 3 is 2.89 bits per heavy atom. The minimum atomic E-state index is -0.232. The highest BCUT2D eigenvalue weighted by Gasteiger charge is 2.29. The summed E-state index contributed by atoms with van der Waals surface area (Å²) in [6.07, 6.45) is 4.23. The number of aromatic amines is 1. The molecule has 1 aromatic heterocycles. The second kappa shape index (κ2) is 7.06. The van der Waals surface area contributed by atoms with Crippen LogP contribution in [-0.4, -0.2) is 34.6 Å². The second-order valence-electron chi connectivity index (χ2n) is 7.74. The topological polar surface area (TPSA) is 41.1 Å². The van der Waals surface area contributed by atoms with E-state index in [1.807, 2.05) is 6.07 Å². The van der Waals surface area contributed by atoms with E-state index in [9.17, 15) is 4.39 Å². The molecule has 2 aromatic carbocycles. The summed E-state index contributed by atoms with van der Waals surface area (Å²) in [5.41, 5.74) is 5.60. The summed E-state index contributed by atoms with van der Waals surface area (Å²) in [5.74, 6) is 1.36. The maximum Gasteiger partial charge on any atom is 0.140 e. The highest BCUT2D eigenvalue weighted by atomic mass is 19.1. The lowest BCUT2D eigenvalue weighted by atomic mass is 9.86. The number of ether oxygens (including phenoxy) is 1. The van der Waals surface area contributed by atoms with Gasteiger partial charge in [-0.1, -0.05) is 18.2 Å².